The molecular formula is C89H109N. The molecule has 0 saturated carbocycles. The Balaban J connectivity index is 0.000000202. The van der Waals surface area contributed by atoms with Crippen LogP contribution in [0.5, 0.6) is 0 Å². The lowest BCUT2D eigenvalue weighted by Gasteiger charge is -2.21. The van der Waals surface area contributed by atoms with Gasteiger partial charge in [0.25, 0.3) is 0 Å². The van der Waals surface area contributed by atoms with Gasteiger partial charge in [0, 0.05) is 12.4 Å². The van der Waals surface area contributed by atoms with Crippen molar-refractivity contribution in [2.75, 3.05) is 0 Å². The van der Waals surface area contributed by atoms with Crippen molar-refractivity contribution in [1.29, 1.82) is 0 Å². The normalized spacial score (nSPS) is 12.4. The van der Waals surface area contributed by atoms with E-state index in [0.717, 1.165) is 0 Å². The maximum atomic E-state index is 7.72. The van der Waals surface area contributed by atoms with E-state index in [0.29, 0.717) is 11.0 Å². The van der Waals surface area contributed by atoms with Gasteiger partial charge in [-0.05, 0) is 127 Å². The highest BCUT2D eigenvalue weighted by atomic mass is 14.6. The molecule has 0 amide bonds. The van der Waals surface area contributed by atoms with E-state index in [2.05, 4.69) is 354 Å². The molecule has 1 heterocycles. The second-order valence-corrected chi connectivity index (χ2v) is 30.3. The molecule has 0 spiro atoms. The summed E-state index contributed by atoms with van der Waals surface area (Å²) in [7, 11) is 0. The lowest BCUT2D eigenvalue weighted by Crippen LogP contribution is -2.11. The Labute approximate surface area is 554 Å². The van der Waals surface area contributed by atoms with Crippen LogP contribution in [0.4, 0.5) is 0 Å². The van der Waals surface area contributed by atoms with Crippen LogP contribution < -0.4 is 0 Å². The predicted molar refractivity (Wildman–Crippen MR) is 400 cm³/mol. The minimum absolute atomic E-state index is 0.103. The molecule has 1 heteroatoms. The average molecular weight is 1200 g/mol. The van der Waals surface area contributed by atoms with Gasteiger partial charge in [-0.25, -0.2) is 0 Å². The van der Waals surface area contributed by atoms with Crippen LogP contribution in [0.2, 0.25) is 0 Å². The number of pyridine rings is 1. The molecule has 11 aromatic rings. The van der Waals surface area contributed by atoms with Gasteiger partial charge in [-0.2, -0.15) is 0 Å². The zero-order valence-electron chi connectivity index (χ0n) is 63.6. The van der Waals surface area contributed by atoms with Gasteiger partial charge in [-0.15, -0.1) is 0 Å². The van der Waals surface area contributed by atoms with Crippen molar-refractivity contribution in [3.8, 4) is 22.3 Å². The lowest BCUT2D eigenvalue weighted by molar-refractivity contribution is 0.587. The molecular weight excluding hydrogens is 1080 g/mol. The van der Waals surface area contributed by atoms with Gasteiger partial charge in [-0.3, -0.25) is 4.98 Å². The third kappa shape index (κ3) is 24.3. The van der Waals surface area contributed by atoms with Crippen molar-refractivity contribution in [3.63, 3.8) is 0 Å². The Kier molecular flexibility index (Phi) is 23.5. The molecule has 0 aliphatic heterocycles. The molecule has 90 heavy (non-hydrogen) atoms. The molecule has 0 N–H and O–H groups in total. The monoisotopic (exact) mass is 1200 g/mol. The lowest BCUT2D eigenvalue weighted by atomic mass is 9.84. The number of hydrogen-bond acceptors (Lipinski definition) is 1. The van der Waals surface area contributed by atoms with E-state index in [4.69, 9.17) is 6.85 Å². The summed E-state index contributed by atoms with van der Waals surface area (Å²) in [6.07, 6.45) is 3.72. The largest absolute Gasteiger partial charge is 0.264 e. The minimum atomic E-state index is -0.451. The maximum absolute atomic E-state index is 7.72. The van der Waals surface area contributed by atoms with Crippen LogP contribution in [0.3, 0.4) is 0 Å². The Morgan fingerprint density at radius 2 is 0.611 bits per heavy atom. The Morgan fingerprint density at radius 3 is 1.08 bits per heavy atom. The fraction of sp³-hybridized carbons (Fsp3) is 0.315. The van der Waals surface area contributed by atoms with Crippen molar-refractivity contribution in [2.24, 2.45) is 0 Å². The van der Waals surface area contributed by atoms with E-state index >= 15 is 0 Å². The zero-order chi connectivity index (χ0) is 70.7. The number of fused-ring (bicyclic) bond motifs is 2. The molecule has 0 unspecified atom stereocenters. The summed E-state index contributed by atoms with van der Waals surface area (Å²) in [6.45, 7) is 45.7. The predicted octanol–water partition coefficient (Wildman–Crippen LogP) is 25.9. The van der Waals surface area contributed by atoms with Crippen molar-refractivity contribution < 1.29 is 6.85 Å². The molecule has 11 rings (SSSR count). The number of nitrogens with zero attached hydrogens (tertiary/aromatic N) is 1. The molecule has 0 aliphatic carbocycles. The second kappa shape index (κ2) is 32.6. The van der Waals surface area contributed by atoms with Gasteiger partial charge in [0.05, 0.1) is 6.85 Å². The van der Waals surface area contributed by atoms with E-state index < -0.39 is 5.41 Å². The van der Waals surface area contributed by atoms with Gasteiger partial charge in [0.15, 0.2) is 0 Å². The van der Waals surface area contributed by atoms with Crippen molar-refractivity contribution >= 4 is 21.5 Å². The van der Waals surface area contributed by atoms with Crippen LogP contribution >= 0.6 is 0 Å². The molecule has 0 fully saturated rings. The van der Waals surface area contributed by atoms with Crippen LogP contribution in [0, 0.1) is 0 Å². The number of rotatable bonds is 2. The fourth-order valence-electron chi connectivity index (χ4n) is 9.49. The van der Waals surface area contributed by atoms with Gasteiger partial charge in [0.2, 0.25) is 0 Å². The minimum Gasteiger partial charge on any atom is -0.264 e. The molecule has 0 atom stereocenters. The molecule has 10 aromatic carbocycles. The molecule has 0 aliphatic rings. The van der Waals surface area contributed by atoms with Crippen LogP contribution in [-0.2, 0) is 37.9 Å². The zero-order valence-corrected chi connectivity index (χ0v) is 58.6. The van der Waals surface area contributed by atoms with Crippen molar-refractivity contribution in [3.05, 3.63) is 318 Å². The number of hydrogen-bond donors (Lipinski definition) is 0. The summed E-state index contributed by atoms with van der Waals surface area (Å²) < 4.78 is 37.9. The molecule has 0 bridgehead atoms. The SMILES string of the molecule is CC(C)(C)c1ccc(-c2ccccc2)cc1.CC(C)(C)c1ccc2ccccc2c1.CC(C)(C)c1cccc(-c2ccccc2)c1.CC(C)(C)c1cccc2ccccc12.CC(C)(C)c1ccccc1.CC(C)(C)c1cccnc1.[2H]c1c([2H])c([2H])c(C(C)(C)C)c([2H])c1[2H]. The third-order valence-corrected chi connectivity index (χ3v) is 15.3. The first-order chi connectivity index (χ1) is 44.2. The van der Waals surface area contributed by atoms with E-state index in [1.54, 1.807) is 6.20 Å². The number of aromatic nitrogens is 1. The second-order valence-electron chi connectivity index (χ2n) is 30.3. The van der Waals surface area contributed by atoms with Crippen LogP contribution in [0.15, 0.2) is 279 Å². The van der Waals surface area contributed by atoms with Gasteiger partial charge < -0.3 is 0 Å². The first-order valence-electron chi connectivity index (χ1n) is 34.5. The highest BCUT2D eigenvalue weighted by molar-refractivity contribution is 5.86. The average Bonchev–Trinajstić information content (AvgIpc) is 0.782. The van der Waals surface area contributed by atoms with Gasteiger partial charge in [-0.1, -0.05) is 406 Å². The van der Waals surface area contributed by atoms with Crippen molar-refractivity contribution in [1.82, 2.24) is 4.98 Å². The molecule has 0 radical (unpaired) electrons. The summed E-state index contributed by atoms with van der Waals surface area (Å²) in [4.78, 5) is 4.05. The smallest absolute Gasteiger partial charge is 0.0626 e. The molecule has 470 valence electrons. The summed E-state index contributed by atoms with van der Waals surface area (Å²) in [5.41, 5.74) is 14.8. The summed E-state index contributed by atoms with van der Waals surface area (Å²) >= 11 is 0. The van der Waals surface area contributed by atoms with Gasteiger partial charge in [0.1, 0.15) is 0 Å². The molecule has 0 saturated heterocycles. The van der Waals surface area contributed by atoms with Crippen LogP contribution in [-0.4, -0.2) is 4.98 Å². The van der Waals surface area contributed by atoms with Crippen LogP contribution in [0.25, 0.3) is 43.8 Å². The van der Waals surface area contributed by atoms with Crippen molar-refractivity contribution in [2.45, 2.75) is 183 Å². The number of benzene rings is 10. The topological polar surface area (TPSA) is 12.9 Å². The molecule has 1 aromatic heterocycles. The van der Waals surface area contributed by atoms with E-state index in [1.165, 1.54) is 77.2 Å². The fourth-order valence-corrected chi connectivity index (χ4v) is 9.49. The summed E-state index contributed by atoms with van der Waals surface area (Å²) in [5, 5.41) is 5.36. The molecule has 1 nitrogen and oxygen atoms in total. The highest BCUT2D eigenvalue weighted by Gasteiger charge is 2.18. The van der Waals surface area contributed by atoms with Crippen LogP contribution in [0.1, 0.15) is 191 Å². The van der Waals surface area contributed by atoms with E-state index in [-0.39, 0.29) is 57.3 Å². The van der Waals surface area contributed by atoms with E-state index in [9.17, 15) is 0 Å². The quantitative estimate of drug-likeness (QED) is 0.168. The Bertz CT molecular complexity index is 4020. The summed E-state index contributed by atoms with van der Waals surface area (Å²) in [5.74, 6) is 0. The summed E-state index contributed by atoms with van der Waals surface area (Å²) in [6, 6.07) is 82.6. The standard InChI is InChI=1S/2C16H18.2C14H16.2C10H14.C9H13N/c1-16(2,3)15-11-7-10-14(12-15)13-8-5-4-6-9-13;1-16(2,3)15-11-9-14(10-12-15)13-7-5-4-6-8-13;1-14(2,3)13-10-6-8-11-7-4-5-9-12(11)13;1-14(2,3)13-9-8-11-6-4-5-7-12(11)10-13;2*1-10(2,3)9-7-5-4-6-8-9;1-9(2,3)8-5-4-6-10-7-8/h2*4-12H,1-3H3;2*4-10H,1-3H3;2*4-8H,1-3H3;4-7H,1-3H3/i;;;;4D,5D,6D,7D,8D;;. The maximum Gasteiger partial charge on any atom is 0.0626 e. The first-order valence-corrected chi connectivity index (χ1v) is 32.0. The Hall–Kier alpha value is -8.13. The Morgan fingerprint density at radius 1 is 0.244 bits per heavy atom. The first kappa shape index (κ1) is 64.8. The van der Waals surface area contributed by atoms with E-state index in [1.807, 2.05) is 39.1 Å². The third-order valence-electron chi connectivity index (χ3n) is 15.3. The highest BCUT2D eigenvalue weighted by Crippen LogP contribution is 2.32. The van der Waals surface area contributed by atoms with Gasteiger partial charge >= 0.3 is 0 Å².